The van der Waals surface area contributed by atoms with Crippen LogP contribution in [-0.2, 0) is 6.54 Å². The van der Waals surface area contributed by atoms with Crippen molar-refractivity contribution in [3.63, 3.8) is 0 Å². The maximum Gasteiger partial charge on any atom is 0.0207 e. The molecule has 2 unspecified atom stereocenters. The minimum absolute atomic E-state index is 0.569. The van der Waals surface area contributed by atoms with E-state index in [0.717, 1.165) is 11.0 Å². The van der Waals surface area contributed by atoms with Crippen LogP contribution in [0.3, 0.4) is 0 Å². The average Bonchev–Trinajstić information content (AvgIpc) is 2.67. The first-order valence-corrected chi connectivity index (χ1v) is 8.24. The number of halogens is 1. The third kappa shape index (κ3) is 5.64. The summed E-state index contributed by atoms with van der Waals surface area (Å²) in [5.74, 6) is 0. The smallest absolute Gasteiger partial charge is 0.0207 e. The van der Waals surface area contributed by atoms with E-state index >= 15 is 0 Å². The van der Waals surface area contributed by atoms with Crippen LogP contribution in [0, 0.1) is 0 Å². The summed E-state index contributed by atoms with van der Waals surface area (Å²) in [7, 11) is 0. The van der Waals surface area contributed by atoms with E-state index in [-0.39, 0.29) is 0 Å². The Morgan fingerprint density at radius 2 is 2.05 bits per heavy atom. The number of rotatable bonds is 5. The van der Waals surface area contributed by atoms with Gasteiger partial charge in [0.1, 0.15) is 0 Å². The zero-order chi connectivity index (χ0) is 13.5. The Labute approximate surface area is 125 Å². The van der Waals surface area contributed by atoms with E-state index in [1.807, 2.05) is 0 Å². The quantitative estimate of drug-likeness (QED) is 0.859. The summed E-state index contributed by atoms with van der Waals surface area (Å²) < 4.78 is 1.15. The standard InChI is InChI=1S/C16H25BrN2/c1-13(11-16-5-3-2-4-10-18-16)19-12-14-6-8-15(17)9-7-14/h6-9,13,16,18-19H,2-5,10-12H2,1H3. The number of nitrogens with one attached hydrogen (secondary N) is 2. The molecule has 0 aromatic heterocycles. The van der Waals surface area contributed by atoms with E-state index in [0.29, 0.717) is 12.1 Å². The Bertz CT molecular complexity index is 356. The molecule has 2 N–H and O–H groups in total. The Kier molecular flexibility index (Phi) is 6.35. The molecular weight excluding hydrogens is 300 g/mol. The van der Waals surface area contributed by atoms with Crippen LogP contribution in [0.15, 0.2) is 28.7 Å². The monoisotopic (exact) mass is 324 g/mol. The van der Waals surface area contributed by atoms with Gasteiger partial charge in [-0.05, 0) is 50.4 Å². The highest BCUT2D eigenvalue weighted by atomic mass is 79.9. The average molecular weight is 325 g/mol. The summed E-state index contributed by atoms with van der Waals surface area (Å²) in [6, 6.07) is 9.83. The molecule has 0 bridgehead atoms. The van der Waals surface area contributed by atoms with Gasteiger partial charge in [0.2, 0.25) is 0 Å². The summed E-state index contributed by atoms with van der Waals surface area (Å²) in [6.07, 6.45) is 6.69. The molecule has 1 fully saturated rings. The van der Waals surface area contributed by atoms with Crippen LogP contribution in [0.25, 0.3) is 0 Å². The van der Waals surface area contributed by atoms with E-state index in [9.17, 15) is 0 Å². The normalized spacial score (nSPS) is 21.9. The van der Waals surface area contributed by atoms with Crippen molar-refractivity contribution in [1.29, 1.82) is 0 Å². The van der Waals surface area contributed by atoms with E-state index in [2.05, 4.69) is 57.8 Å². The van der Waals surface area contributed by atoms with Crippen LogP contribution < -0.4 is 10.6 Å². The molecule has 1 aliphatic heterocycles. The van der Waals surface area contributed by atoms with Crippen molar-refractivity contribution >= 4 is 15.9 Å². The number of benzene rings is 1. The maximum atomic E-state index is 3.67. The summed E-state index contributed by atoms with van der Waals surface area (Å²) in [5.41, 5.74) is 1.35. The Morgan fingerprint density at radius 1 is 1.26 bits per heavy atom. The fourth-order valence-corrected chi connectivity index (χ4v) is 2.97. The van der Waals surface area contributed by atoms with Crippen LogP contribution in [-0.4, -0.2) is 18.6 Å². The van der Waals surface area contributed by atoms with Crippen LogP contribution in [0.2, 0.25) is 0 Å². The highest BCUT2D eigenvalue weighted by molar-refractivity contribution is 9.10. The molecule has 1 aromatic carbocycles. The highest BCUT2D eigenvalue weighted by Crippen LogP contribution is 2.13. The first-order valence-electron chi connectivity index (χ1n) is 7.45. The van der Waals surface area contributed by atoms with Crippen LogP contribution in [0.4, 0.5) is 0 Å². The molecule has 2 rings (SSSR count). The van der Waals surface area contributed by atoms with Gasteiger partial charge in [-0.3, -0.25) is 0 Å². The Morgan fingerprint density at radius 3 is 2.84 bits per heavy atom. The zero-order valence-corrected chi connectivity index (χ0v) is 13.4. The second kappa shape index (κ2) is 8.03. The van der Waals surface area contributed by atoms with Gasteiger partial charge < -0.3 is 10.6 Å². The molecule has 19 heavy (non-hydrogen) atoms. The molecule has 0 amide bonds. The fourth-order valence-electron chi connectivity index (χ4n) is 2.71. The molecule has 0 aliphatic carbocycles. The molecule has 0 spiro atoms. The van der Waals surface area contributed by atoms with Gasteiger partial charge >= 0.3 is 0 Å². The van der Waals surface area contributed by atoms with Crippen molar-refractivity contribution in [2.75, 3.05) is 6.54 Å². The van der Waals surface area contributed by atoms with E-state index in [4.69, 9.17) is 0 Å². The zero-order valence-electron chi connectivity index (χ0n) is 11.8. The summed E-state index contributed by atoms with van der Waals surface area (Å²) >= 11 is 3.47. The molecule has 1 saturated heterocycles. The number of hydrogen-bond donors (Lipinski definition) is 2. The van der Waals surface area contributed by atoms with Gasteiger partial charge in [-0.25, -0.2) is 0 Å². The highest BCUT2D eigenvalue weighted by Gasteiger charge is 2.14. The third-order valence-corrected chi connectivity index (χ3v) is 4.40. The van der Waals surface area contributed by atoms with Gasteiger partial charge in [-0.1, -0.05) is 40.9 Å². The molecule has 0 saturated carbocycles. The van der Waals surface area contributed by atoms with Gasteiger partial charge in [0.25, 0.3) is 0 Å². The van der Waals surface area contributed by atoms with E-state index in [1.165, 1.54) is 44.2 Å². The van der Waals surface area contributed by atoms with Gasteiger partial charge in [0.15, 0.2) is 0 Å². The predicted octanol–water partition coefficient (Wildman–Crippen LogP) is 3.85. The minimum atomic E-state index is 0.569. The molecule has 0 radical (unpaired) electrons. The van der Waals surface area contributed by atoms with Gasteiger partial charge in [-0.2, -0.15) is 0 Å². The minimum Gasteiger partial charge on any atom is -0.314 e. The molecule has 1 heterocycles. The van der Waals surface area contributed by atoms with Crippen molar-refractivity contribution in [3.05, 3.63) is 34.3 Å². The lowest BCUT2D eigenvalue weighted by molar-refractivity contribution is 0.402. The lowest BCUT2D eigenvalue weighted by atomic mass is 10.0. The van der Waals surface area contributed by atoms with E-state index in [1.54, 1.807) is 0 Å². The van der Waals surface area contributed by atoms with Crippen molar-refractivity contribution in [1.82, 2.24) is 10.6 Å². The molecule has 1 aliphatic rings. The molecule has 3 heteroatoms. The molecule has 1 aromatic rings. The number of hydrogen-bond acceptors (Lipinski definition) is 2. The lowest BCUT2D eigenvalue weighted by Crippen LogP contribution is -2.36. The van der Waals surface area contributed by atoms with Crippen LogP contribution in [0.5, 0.6) is 0 Å². The van der Waals surface area contributed by atoms with Gasteiger partial charge in [-0.15, -0.1) is 0 Å². The molecule has 2 nitrogen and oxygen atoms in total. The largest absolute Gasteiger partial charge is 0.314 e. The van der Waals surface area contributed by atoms with Gasteiger partial charge in [0.05, 0.1) is 0 Å². The van der Waals surface area contributed by atoms with Crippen molar-refractivity contribution in [2.24, 2.45) is 0 Å². The second-order valence-corrected chi connectivity index (χ2v) is 6.56. The lowest BCUT2D eigenvalue weighted by Gasteiger charge is -2.21. The first kappa shape index (κ1) is 15.0. The van der Waals surface area contributed by atoms with Crippen molar-refractivity contribution in [3.8, 4) is 0 Å². The first-order chi connectivity index (χ1) is 9.24. The summed E-state index contributed by atoms with van der Waals surface area (Å²) in [6.45, 7) is 4.46. The molecule has 2 atom stereocenters. The van der Waals surface area contributed by atoms with Crippen molar-refractivity contribution in [2.45, 2.75) is 57.7 Å². The second-order valence-electron chi connectivity index (χ2n) is 5.64. The Hall–Kier alpha value is -0.380. The topological polar surface area (TPSA) is 24.1 Å². The molecular formula is C16H25BrN2. The van der Waals surface area contributed by atoms with Crippen LogP contribution in [0.1, 0.15) is 44.6 Å². The SMILES string of the molecule is CC(CC1CCCCCN1)NCc1ccc(Br)cc1. The van der Waals surface area contributed by atoms with E-state index < -0.39 is 0 Å². The predicted molar refractivity (Wildman–Crippen MR) is 85.3 cm³/mol. The van der Waals surface area contributed by atoms with Crippen molar-refractivity contribution < 1.29 is 0 Å². The van der Waals surface area contributed by atoms with Crippen LogP contribution >= 0.6 is 15.9 Å². The Balaban J connectivity index is 1.71. The van der Waals surface area contributed by atoms with Gasteiger partial charge in [0, 0.05) is 23.1 Å². The molecule has 106 valence electrons. The summed E-state index contributed by atoms with van der Waals surface area (Å²) in [5, 5.41) is 7.30. The third-order valence-electron chi connectivity index (χ3n) is 3.87. The maximum absolute atomic E-state index is 3.67. The summed E-state index contributed by atoms with van der Waals surface area (Å²) in [4.78, 5) is 0. The fraction of sp³-hybridized carbons (Fsp3) is 0.625.